The van der Waals surface area contributed by atoms with Gasteiger partial charge in [-0.3, -0.25) is 0 Å². The van der Waals surface area contributed by atoms with Crippen LogP contribution in [0.4, 0.5) is 11.5 Å². The molecule has 0 radical (unpaired) electrons. The molecule has 0 aromatic carbocycles. The monoisotopic (exact) mass is 451 g/mol. The summed E-state index contributed by atoms with van der Waals surface area (Å²) in [6, 6.07) is 15.0. The quantitative estimate of drug-likeness (QED) is 0.414. The summed E-state index contributed by atoms with van der Waals surface area (Å²) in [5.74, 6) is 1.12. The van der Waals surface area contributed by atoms with Crippen molar-refractivity contribution in [3.8, 4) is 23.1 Å². The lowest BCUT2D eigenvalue weighted by atomic mass is 10.1. The standard InChI is InChI=1S/C24H21N9O/c1-14-4-9-23(30-29-14)27-17-5-8-22-20(12-26-32(22)13-17)21-7-6-19(16(3)34)24(28-21)33-15(2)10-18(11-25)31-33/h4-10,12-13,16,34H,1-3H3,(H,27,30). The van der Waals surface area contributed by atoms with E-state index in [0.717, 1.165) is 28.2 Å². The number of nitrogens with one attached hydrogen (secondary N) is 1. The van der Waals surface area contributed by atoms with Crippen LogP contribution in [0.15, 0.2) is 54.9 Å². The lowest BCUT2D eigenvalue weighted by Crippen LogP contribution is -2.09. The van der Waals surface area contributed by atoms with Crippen molar-refractivity contribution in [2.75, 3.05) is 5.32 Å². The Morgan fingerprint density at radius 2 is 1.94 bits per heavy atom. The largest absolute Gasteiger partial charge is 0.389 e. The first-order chi connectivity index (χ1) is 16.4. The summed E-state index contributed by atoms with van der Waals surface area (Å²) in [6.07, 6.45) is 2.85. The maximum Gasteiger partial charge on any atom is 0.163 e. The van der Waals surface area contributed by atoms with Crippen LogP contribution >= 0.6 is 0 Å². The van der Waals surface area contributed by atoms with E-state index in [4.69, 9.17) is 4.98 Å². The highest BCUT2D eigenvalue weighted by Gasteiger charge is 2.18. The summed E-state index contributed by atoms with van der Waals surface area (Å²) in [5, 5.41) is 39.8. The first-order valence-electron chi connectivity index (χ1n) is 10.6. The highest BCUT2D eigenvalue weighted by Crippen LogP contribution is 2.29. The Morgan fingerprint density at radius 1 is 1.09 bits per heavy atom. The highest BCUT2D eigenvalue weighted by molar-refractivity contribution is 5.79. The fourth-order valence-corrected chi connectivity index (χ4v) is 3.72. The Labute approximate surface area is 195 Å². The molecule has 2 N–H and O–H groups in total. The van der Waals surface area contributed by atoms with Crippen LogP contribution in [-0.4, -0.2) is 39.7 Å². The zero-order valence-corrected chi connectivity index (χ0v) is 18.8. The molecule has 0 aliphatic rings. The van der Waals surface area contributed by atoms with E-state index in [2.05, 4.69) is 25.7 Å². The van der Waals surface area contributed by atoms with Gasteiger partial charge in [0, 0.05) is 16.8 Å². The molecule has 5 aromatic heterocycles. The summed E-state index contributed by atoms with van der Waals surface area (Å²) in [6.45, 7) is 5.40. The Kier molecular flexibility index (Phi) is 5.24. The van der Waals surface area contributed by atoms with Gasteiger partial charge in [-0.15, -0.1) is 5.10 Å². The molecular formula is C24H21N9O. The lowest BCUT2D eigenvalue weighted by Gasteiger charge is -2.14. The third-order valence-electron chi connectivity index (χ3n) is 5.42. The van der Waals surface area contributed by atoms with Crippen molar-refractivity contribution in [1.29, 1.82) is 5.26 Å². The fourth-order valence-electron chi connectivity index (χ4n) is 3.72. The number of nitrogens with zero attached hydrogens (tertiary/aromatic N) is 8. The minimum atomic E-state index is -0.756. The van der Waals surface area contributed by atoms with E-state index in [-0.39, 0.29) is 5.69 Å². The molecule has 0 bridgehead atoms. The molecule has 0 amide bonds. The van der Waals surface area contributed by atoms with Gasteiger partial charge in [-0.25, -0.2) is 14.2 Å². The fraction of sp³-hybridized carbons (Fsp3) is 0.167. The van der Waals surface area contributed by atoms with Crippen LogP contribution in [0.1, 0.15) is 35.7 Å². The highest BCUT2D eigenvalue weighted by atomic mass is 16.3. The molecule has 5 aromatic rings. The van der Waals surface area contributed by atoms with Crippen molar-refractivity contribution in [3.05, 3.63) is 77.5 Å². The molecule has 0 aliphatic heterocycles. The summed E-state index contributed by atoms with van der Waals surface area (Å²) in [4.78, 5) is 4.81. The maximum absolute atomic E-state index is 10.3. The van der Waals surface area contributed by atoms with Gasteiger partial charge in [-0.05, 0) is 57.2 Å². The minimum absolute atomic E-state index is 0.288. The summed E-state index contributed by atoms with van der Waals surface area (Å²) < 4.78 is 3.34. The SMILES string of the molecule is Cc1ccc(Nc2ccc3c(-c4ccc(C(C)O)c(-n5nc(C#N)cc5C)n4)cnn3c2)nn1. The summed E-state index contributed by atoms with van der Waals surface area (Å²) >= 11 is 0. The molecule has 1 unspecified atom stereocenters. The van der Waals surface area contributed by atoms with Gasteiger partial charge in [0.15, 0.2) is 17.3 Å². The first-order valence-corrected chi connectivity index (χ1v) is 10.6. The molecule has 10 nitrogen and oxygen atoms in total. The average molecular weight is 451 g/mol. The van der Waals surface area contributed by atoms with E-state index in [0.29, 0.717) is 22.9 Å². The van der Waals surface area contributed by atoms with Crippen molar-refractivity contribution in [2.45, 2.75) is 26.9 Å². The number of fused-ring (bicyclic) bond motifs is 1. The molecule has 10 heteroatoms. The third kappa shape index (κ3) is 3.85. The number of nitriles is 1. The van der Waals surface area contributed by atoms with Gasteiger partial charge in [0.25, 0.3) is 0 Å². The summed E-state index contributed by atoms with van der Waals surface area (Å²) in [5.41, 5.74) is 5.67. The number of hydrogen-bond donors (Lipinski definition) is 2. The Balaban J connectivity index is 1.55. The lowest BCUT2D eigenvalue weighted by molar-refractivity contribution is 0.198. The number of rotatable bonds is 5. The Hall–Kier alpha value is -4.62. The smallest absolute Gasteiger partial charge is 0.163 e. The zero-order chi connectivity index (χ0) is 23.8. The maximum atomic E-state index is 10.3. The molecule has 0 saturated heterocycles. The second kappa shape index (κ2) is 8.38. The van der Waals surface area contributed by atoms with Crippen LogP contribution in [0.2, 0.25) is 0 Å². The average Bonchev–Trinajstić information content (AvgIpc) is 3.43. The molecule has 5 heterocycles. The molecule has 0 fully saturated rings. The Bertz CT molecular complexity index is 1540. The number of aliphatic hydroxyl groups is 1. The molecule has 1 atom stereocenters. The van der Waals surface area contributed by atoms with Crippen molar-refractivity contribution < 1.29 is 5.11 Å². The van der Waals surface area contributed by atoms with Gasteiger partial charge < -0.3 is 10.4 Å². The normalized spacial score (nSPS) is 12.0. The van der Waals surface area contributed by atoms with Crippen molar-refractivity contribution in [3.63, 3.8) is 0 Å². The number of anilines is 2. The van der Waals surface area contributed by atoms with E-state index < -0.39 is 6.10 Å². The second-order valence-corrected chi connectivity index (χ2v) is 7.97. The third-order valence-corrected chi connectivity index (χ3v) is 5.42. The number of aromatic nitrogens is 7. The van der Waals surface area contributed by atoms with E-state index in [1.165, 1.54) is 0 Å². The molecule has 34 heavy (non-hydrogen) atoms. The van der Waals surface area contributed by atoms with Crippen molar-refractivity contribution in [2.24, 2.45) is 0 Å². The Morgan fingerprint density at radius 3 is 2.65 bits per heavy atom. The van der Waals surface area contributed by atoms with Crippen molar-refractivity contribution in [1.82, 2.24) is 34.6 Å². The molecule has 0 aliphatic carbocycles. The van der Waals surface area contributed by atoms with E-state index in [1.54, 1.807) is 28.4 Å². The summed E-state index contributed by atoms with van der Waals surface area (Å²) in [7, 11) is 0. The predicted octanol–water partition coefficient (Wildman–Crippen LogP) is 3.66. The van der Waals surface area contributed by atoms with Crippen molar-refractivity contribution >= 4 is 17.0 Å². The van der Waals surface area contributed by atoms with E-state index in [1.807, 2.05) is 62.5 Å². The van der Waals surface area contributed by atoms with Crippen LogP contribution in [0.25, 0.3) is 22.6 Å². The number of aliphatic hydroxyl groups excluding tert-OH is 1. The first kappa shape index (κ1) is 21.2. The van der Waals surface area contributed by atoms with E-state index >= 15 is 0 Å². The number of hydrogen-bond acceptors (Lipinski definition) is 8. The van der Waals surface area contributed by atoms with Crippen LogP contribution in [0.3, 0.4) is 0 Å². The van der Waals surface area contributed by atoms with Crippen LogP contribution in [-0.2, 0) is 0 Å². The topological polar surface area (TPSA) is 130 Å². The van der Waals surface area contributed by atoms with Crippen LogP contribution in [0.5, 0.6) is 0 Å². The predicted molar refractivity (Wildman–Crippen MR) is 126 cm³/mol. The van der Waals surface area contributed by atoms with Gasteiger partial charge in [0.05, 0.1) is 41.1 Å². The number of pyridine rings is 2. The molecular weight excluding hydrogens is 430 g/mol. The molecule has 5 rings (SSSR count). The molecule has 0 saturated carbocycles. The van der Waals surface area contributed by atoms with Gasteiger partial charge in [-0.1, -0.05) is 6.07 Å². The zero-order valence-electron chi connectivity index (χ0n) is 18.8. The van der Waals surface area contributed by atoms with Crippen LogP contribution in [0, 0.1) is 25.2 Å². The van der Waals surface area contributed by atoms with Crippen LogP contribution < -0.4 is 5.32 Å². The van der Waals surface area contributed by atoms with Gasteiger partial charge >= 0.3 is 0 Å². The number of aryl methyl sites for hydroxylation is 2. The molecule has 0 spiro atoms. The second-order valence-electron chi connectivity index (χ2n) is 7.97. The van der Waals surface area contributed by atoms with Gasteiger partial charge in [0.2, 0.25) is 0 Å². The van der Waals surface area contributed by atoms with Gasteiger partial charge in [-0.2, -0.15) is 20.6 Å². The molecule has 168 valence electrons. The minimum Gasteiger partial charge on any atom is -0.389 e. The van der Waals surface area contributed by atoms with Gasteiger partial charge in [0.1, 0.15) is 6.07 Å². The van der Waals surface area contributed by atoms with E-state index in [9.17, 15) is 10.4 Å².